The molecule has 0 bridgehead atoms. The van der Waals surface area contributed by atoms with Crippen molar-refractivity contribution in [2.45, 2.75) is 12.6 Å². The molecule has 2 aromatic rings. The normalized spacial score (nSPS) is 15.3. The number of nitrogens with zero attached hydrogens (tertiary/aromatic N) is 2. The fourth-order valence-corrected chi connectivity index (χ4v) is 3.29. The maximum atomic E-state index is 12.3. The monoisotopic (exact) mass is 398 g/mol. The van der Waals surface area contributed by atoms with Gasteiger partial charge in [-0.3, -0.25) is 19.5 Å². The van der Waals surface area contributed by atoms with Crippen molar-refractivity contribution in [3.8, 4) is 5.75 Å². The van der Waals surface area contributed by atoms with Gasteiger partial charge in [-0.1, -0.05) is 24.3 Å². The molecule has 8 nitrogen and oxygen atoms in total. The first-order valence-electron chi connectivity index (χ1n) is 9.58. The van der Waals surface area contributed by atoms with Gasteiger partial charge in [0.15, 0.2) is 0 Å². The Hall–Kier alpha value is -2.97. The first-order valence-corrected chi connectivity index (χ1v) is 9.58. The number of ether oxygens (including phenoxy) is 2. The minimum Gasteiger partial charge on any atom is -0.496 e. The van der Waals surface area contributed by atoms with Crippen LogP contribution in [0.3, 0.4) is 0 Å². The van der Waals surface area contributed by atoms with E-state index in [4.69, 9.17) is 9.47 Å². The number of carbonyl (C=O) groups is 2. The fraction of sp³-hybridized carbons (Fsp3) is 0.381. The summed E-state index contributed by atoms with van der Waals surface area (Å²) in [6.07, 6.45) is 3.50. The van der Waals surface area contributed by atoms with E-state index in [1.54, 1.807) is 19.5 Å². The van der Waals surface area contributed by atoms with Crippen LogP contribution in [0.25, 0.3) is 0 Å². The Morgan fingerprint density at radius 1 is 1.14 bits per heavy atom. The molecule has 2 N–H and O–H groups in total. The van der Waals surface area contributed by atoms with E-state index in [2.05, 4.69) is 20.5 Å². The van der Waals surface area contributed by atoms with Crippen LogP contribution in [0.2, 0.25) is 0 Å². The van der Waals surface area contributed by atoms with Crippen molar-refractivity contribution in [3.63, 3.8) is 0 Å². The van der Waals surface area contributed by atoms with Crippen LogP contribution in [0, 0.1) is 0 Å². The number of morpholine rings is 1. The summed E-state index contributed by atoms with van der Waals surface area (Å²) in [6.45, 7) is 3.33. The van der Waals surface area contributed by atoms with E-state index in [9.17, 15) is 9.59 Å². The van der Waals surface area contributed by atoms with Gasteiger partial charge in [0.25, 0.3) is 0 Å². The predicted octanol–water partition coefficient (Wildman–Crippen LogP) is 0.896. The first-order chi connectivity index (χ1) is 14.2. The van der Waals surface area contributed by atoms with Crippen molar-refractivity contribution in [2.24, 2.45) is 0 Å². The lowest BCUT2D eigenvalue weighted by molar-refractivity contribution is -0.139. The second kappa shape index (κ2) is 10.5. The summed E-state index contributed by atoms with van der Waals surface area (Å²) in [5.74, 6) is -0.679. The zero-order chi connectivity index (χ0) is 20.5. The van der Waals surface area contributed by atoms with Crippen molar-refractivity contribution in [3.05, 3.63) is 59.9 Å². The Labute approximate surface area is 170 Å². The smallest absolute Gasteiger partial charge is 0.309 e. The molecule has 0 aliphatic carbocycles. The van der Waals surface area contributed by atoms with Gasteiger partial charge in [0, 0.05) is 44.1 Å². The zero-order valence-corrected chi connectivity index (χ0v) is 16.5. The Kier molecular flexibility index (Phi) is 7.54. The molecule has 1 atom stereocenters. The molecule has 0 saturated carbocycles. The largest absolute Gasteiger partial charge is 0.496 e. The third-order valence-corrected chi connectivity index (χ3v) is 4.85. The Balaban J connectivity index is 1.57. The van der Waals surface area contributed by atoms with Crippen LogP contribution in [0.15, 0.2) is 48.8 Å². The quantitative estimate of drug-likeness (QED) is 0.673. The number of hydrogen-bond acceptors (Lipinski definition) is 6. The predicted molar refractivity (Wildman–Crippen MR) is 107 cm³/mol. The molecular formula is C21H26N4O4. The molecule has 2 amide bonds. The van der Waals surface area contributed by atoms with Crippen LogP contribution in [0.4, 0.5) is 0 Å². The molecular weight excluding hydrogens is 372 g/mol. The molecule has 1 aliphatic rings. The average Bonchev–Trinajstić information content (AvgIpc) is 2.79. The van der Waals surface area contributed by atoms with Crippen LogP contribution < -0.4 is 15.4 Å². The topological polar surface area (TPSA) is 92.8 Å². The molecule has 1 aromatic heterocycles. The molecule has 2 heterocycles. The van der Waals surface area contributed by atoms with Crippen molar-refractivity contribution < 1.29 is 19.1 Å². The van der Waals surface area contributed by atoms with Crippen LogP contribution in [-0.2, 0) is 20.9 Å². The number of carbonyl (C=O) groups excluding carboxylic acids is 2. The fourth-order valence-electron chi connectivity index (χ4n) is 3.29. The third-order valence-electron chi connectivity index (χ3n) is 4.85. The number of para-hydroxylation sites is 1. The number of hydrogen-bond donors (Lipinski definition) is 2. The molecule has 1 fully saturated rings. The molecule has 1 saturated heterocycles. The maximum Gasteiger partial charge on any atom is 0.309 e. The third kappa shape index (κ3) is 5.75. The molecule has 1 aliphatic heterocycles. The van der Waals surface area contributed by atoms with Gasteiger partial charge in [-0.25, -0.2) is 0 Å². The lowest BCUT2D eigenvalue weighted by Gasteiger charge is -2.34. The van der Waals surface area contributed by atoms with Gasteiger partial charge in [-0.15, -0.1) is 0 Å². The number of benzene rings is 1. The summed E-state index contributed by atoms with van der Waals surface area (Å²) >= 11 is 0. The highest BCUT2D eigenvalue weighted by Gasteiger charge is 2.24. The molecule has 0 spiro atoms. The van der Waals surface area contributed by atoms with E-state index < -0.39 is 11.8 Å². The van der Waals surface area contributed by atoms with E-state index in [1.165, 1.54) is 0 Å². The maximum absolute atomic E-state index is 12.3. The highest BCUT2D eigenvalue weighted by atomic mass is 16.5. The number of rotatable bonds is 7. The van der Waals surface area contributed by atoms with E-state index in [0.717, 1.165) is 24.2 Å². The number of pyridine rings is 1. The number of amides is 2. The molecule has 1 aromatic carbocycles. The SMILES string of the molecule is COc1ccccc1CNC(=O)C(=O)NCC(c1cccnc1)N1CCOCC1. The Morgan fingerprint density at radius 2 is 1.90 bits per heavy atom. The van der Waals surface area contributed by atoms with Gasteiger partial charge in [0.2, 0.25) is 0 Å². The minimum absolute atomic E-state index is 0.0708. The molecule has 0 radical (unpaired) electrons. The molecule has 29 heavy (non-hydrogen) atoms. The standard InChI is InChI=1S/C21H26N4O4/c1-28-19-7-3-2-5-17(19)14-23-20(26)21(27)24-15-18(16-6-4-8-22-13-16)25-9-11-29-12-10-25/h2-8,13,18H,9-12,14-15H2,1H3,(H,23,26)(H,24,27). The van der Waals surface area contributed by atoms with Gasteiger partial charge < -0.3 is 20.1 Å². The molecule has 3 rings (SSSR count). The highest BCUT2D eigenvalue weighted by molar-refractivity contribution is 6.35. The van der Waals surface area contributed by atoms with Gasteiger partial charge >= 0.3 is 11.8 Å². The summed E-state index contributed by atoms with van der Waals surface area (Å²) < 4.78 is 10.7. The van der Waals surface area contributed by atoms with Gasteiger partial charge in [0.05, 0.1) is 26.4 Å². The summed E-state index contributed by atoms with van der Waals surface area (Å²) in [4.78, 5) is 31.0. The lowest BCUT2D eigenvalue weighted by Crippen LogP contribution is -2.46. The Morgan fingerprint density at radius 3 is 2.62 bits per heavy atom. The Bertz CT molecular complexity index is 809. The number of methoxy groups -OCH3 is 1. The van der Waals surface area contributed by atoms with E-state index in [0.29, 0.717) is 25.5 Å². The summed E-state index contributed by atoms with van der Waals surface area (Å²) in [7, 11) is 1.57. The van der Waals surface area contributed by atoms with E-state index in [1.807, 2.05) is 36.4 Å². The van der Waals surface area contributed by atoms with Gasteiger partial charge in [-0.2, -0.15) is 0 Å². The van der Waals surface area contributed by atoms with Crippen LogP contribution in [0.5, 0.6) is 5.75 Å². The van der Waals surface area contributed by atoms with Gasteiger partial charge in [0.1, 0.15) is 5.75 Å². The van der Waals surface area contributed by atoms with Crippen LogP contribution in [-0.4, -0.2) is 61.7 Å². The van der Waals surface area contributed by atoms with Crippen molar-refractivity contribution >= 4 is 11.8 Å². The summed E-state index contributed by atoms with van der Waals surface area (Å²) in [5.41, 5.74) is 1.79. The summed E-state index contributed by atoms with van der Waals surface area (Å²) in [6, 6.07) is 11.1. The van der Waals surface area contributed by atoms with Gasteiger partial charge in [-0.05, 0) is 17.7 Å². The molecule has 154 valence electrons. The lowest BCUT2D eigenvalue weighted by atomic mass is 10.1. The zero-order valence-electron chi connectivity index (χ0n) is 16.5. The van der Waals surface area contributed by atoms with Crippen LogP contribution in [0.1, 0.15) is 17.2 Å². The second-order valence-electron chi connectivity index (χ2n) is 6.66. The van der Waals surface area contributed by atoms with E-state index in [-0.39, 0.29) is 12.6 Å². The second-order valence-corrected chi connectivity index (χ2v) is 6.66. The minimum atomic E-state index is -0.678. The summed E-state index contributed by atoms with van der Waals surface area (Å²) in [5, 5.41) is 5.39. The van der Waals surface area contributed by atoms with Crippen molar-refractivity contribution in [2.75, 3.05) is 40.0 Å². The highest BCUT2D eigenvalue weighted by Crippen LogP contribution is 2.20. The van der Waals surface area contributed by atoms with Crippen molar-refractivity contribution in [1.82, 2.24) is 20.5 Å². The number of nitrogens with one attached hydrogen (secondary N) is 2. The molecule has 1 unspecified atom stereocenters. The molecule has 8 heteroatoms. The van der Waals surface area contributed by atoms with Crippen LogP contribution >= 0.6 is 0 Å². The van der Waals surface area contributed by atoms with Crippen molar-refractivity contribution in [1.29, 1.82) is 0 Å². The average molecular weight is 398 g/mol. The van der Waals surface area contributed by atoms with E-state index >= 15 is 0 Å². The number of aromatic nitrogens is 1. The first kappa shape index (κ1) is 20.8.